The van der Waals surface area contributed by atoms with Crippen LogP contribution in [0.25, 0.3) is 0 Å². The third-order valence-corrected chi connectivity index (χ3v) is 7.27. The SMILES string of the molecule is CCCCS(=O)(=O)Nc1ccc(S(=O)(=O)NC(CC)(CC)CN)cc1.Cl. The van der Waals surface area contributed by atoms with Gasteiger partial charge in [-0.1, -0.05) is 27.2 Å². The Hall–Kier alpha value is -0.870. The van der Waals surface area contributed by atoms with E-state index in [-0.39, 0.29) is 29.6 Å². The second kappa shape index (κ2) is 10.5. The highest BCUT2D eigenvalue weighted by Gasteiger charge is 2.30. The molecular weight excluding hydrogens is 398 g/mol. The van der Waals surface area contributed by atoms with Crippen LogP contribution in [-0.4, -0.2) is 34.7 Å². The average Bonchev–Trinajstić information content (AvgIpc) is 2.58. The Bertz CT molecular complexity index is 738. The Morgan fingerprint density at radius 2 is 1.54 bits per heavy atom. The van der Waals surface area contributed by atoms with E-state index in [0.29, 0.717) is 24.9 Å². The number of unbranched alkanes of at least 4 members (excludes halogenated alkanes) is 1. The van der Waals surface area contributed by atoms with Crippen molar-refractivity contribution in [1.82, 2.24) is 4.72 Å². The summed E-state index contributed by atoms with van der Waals surface area (Å²) in [6.07, 6.45) is 2.51. The van der Waals surface area contributed by atoms with E-state index in [1.807, 2.05) is 20.8 Å². The molecule has 0 aliphatic carbocycles. The van der Waals surface area contributed by atoms with Crippen LogP contribution in [0.3, 0.4) is 0 Å². The second-order valence-electron chi connectivity index (χ2n) is 6.10. The van der Waals surface area contributed by atoms with Crippen molar-refractivity contribution in [3.8, 4) is 0 Å². The highest BCUT2D eigenvalue weighted by molar-refractivity contribution is 7.92. The van der Waals surface area contributed by atoms with Crippen LogP contribution in [0.15, 0.2) is 29.2 Å². The van der Waals surface area contributed by atoms with E-state index in [9.17, 15) is 16.8 Å². The lowest BCUT2D eigenvalue weighted by Gasteiger charge is -2.31. The number of nitrogens with one attached hydrogen (secondary N) is 2. The van der Waals surface area contributed by atoms with Crippen molar-refractivity contribution >= 4 is 38.1 Å². The maximum Gasteiger partial charge on any atom is 0.241 e. The van der Waals surface area contributed by atoms with Gasteiger partial charge in [-0.2, -0.15) is 0 Å². The molecule has 0 amide bonds. The topological polar surface area (TPSA) is 118 Å². The smallest absolute Gasteiger partial charge is 0.241 e. The van der Waals surface area contributed by atoms with Gasteiger partial charge in [0.15, 0.2) is 0 Å². The minimum atomic E-state index is -3.74. The van der Waals surface area contributed by atoms with Crippen molar-refractivity contribution in [3.63, 3.8) is 0 Å². The molecule has 0 atom stereocenters. The Morgan fingerprint density at radius 3 is 1.96 bits per heavy atom. The van der Waals surface area contributed by atoms with Gasteiger partial charge in [0, 0.05) is 17.8 Å². The van der Waals surface area contributed by atoms with Gasteiger partial charge in [-0.05, 0) is 43.5 Å². The molecule has 0 saturated carbocycles. The summed E-state index contributed by atoms with van der Waals surface area (Å²) in [5.41, 5.74) is 5.40. The molecule has 0 saturated heterocycles. The van der Waals surface area contributed by atoms with Crippen LogP contribution < -0.4 is 15.2 Å². The number of nitrogens with two attached hydrogens (primary N) is 1. The van der Waals surface area contributed by atoms with Gasteiger partial charge in [-0.15, -0.1) is 12.4 Å². The van der Waals surface area contributed by atoms with Crippen LogP contribution in [0.2, 0.25) is 0 Å². The maximum absolute atomic E-state index is 12.6. The zero-order chi connectivity index (χ0) is 19.1. The lowest BCUT2D eigenvalue weighted by atomic mass is 9.95. The monoisotopic (exact) mass is 427 g/mol. The van der Waals surface area contributed by atoms with E-state index in [1.165, 1.54) is 24.3 Å². The third kappa shape index (κ3) is 7.03. The van der Waals surface area contributed by atoms with Gasteiger partial charge >= 0.3 is 0 Å². The van der Waals surface area contributed by atoms with Crippen molar-refractivity contribution < 1.29 is 16.8 Å². The summed E-state index contributed by atoms with van der Waals surface area (Å²) >= 11 is 0. The lowest BCUT2D eigenvalue weighted by Crippen LogP contribution is -2.52. The molecular formula is C16H30ClN3O4S2. The molecule has 0 aliphatic heterocycles. The number of hydrogen-bond donors (Lipinski definition) is 3. The number of anilines is 1. The first-order chi connectivity index (χ1) is 11.6. The van der Waals surface area contributed by atoms with Crippen molar-refractivity contribution in [1.29, 1.82) is 0 Å². The zero-order valence-electron chi connectivity index (χ0n) is 15.5. The molecule has 0 heterocycles. The van der Waals surface area contributed by atoms with Gasteiger partial charge in [0.25, 0.3) is 0 Å². The summed E-state index contributed by atoms with van der Waals surface area (Å²) in [7, 11) is -7.15. The molecule has 0 unspecified atom stereocenters. The lowest BCUT2D eigenvalue weighted by molar-refractivity contribution is 0.363. The van der Waals surface area contributed by atoms with Crippen molar-refractivity contribution in [2.45, 2.75) is 56.9 Å². The van der Waals surface area contributed by atoms with Gasteiger partial charge in [-0.25, -0.2) is 21.6 Å². The van der Waals surface area contributed by atoms with Crippen LogP contribution in [0.1, 0.15) is 46.5 Å². The van der Waals surface area contributed by atoms with Crippen LogP contribution in [0.5, 0.6) is 0 Å². The molecule has 0 spiro atoms. The quantitative estimate of drug-likeness (QED) is 0.501. The molecule has 0 aliphatic rings. The van der Waals surface area contributed by atoms with Crippen LogP contribution in [-0.2, 0) is 20.0 Å². The van der Waals surface area contributed by atoms with Crippen molar-refractivity contribution in [2.24, 2.45) is 5.73 Å². The van der Waals surface area contributed by atoms with Gasteiger partial charge in [0.05, 0.1) is 10.6 Å². The van der Waals surface area contributed by atoms with E-state index in [4.69, 9.17) is 5.73 Å². The molecule has 26 heavy (non-hydrogen) atoms. The van der Waals surface area contributed by atoms with Gasteiger partial charge in [-0.3, -0.25) is 4.72 Å². The molecule has 4 N–H and O–H groups in total. The fourth-order valence-electron chi connectivity index (χ4n) is 2.34. The predicted octanol–water partition coefficient (Wildman–Crippen LogP) is 2.45. The fourth-order valence-corrected chi connectivity index (χ4v) is 5.16. The molecule has 0 radical (unpaired) electrons. The van der Waals surface area contributed by atoms with E-state index in [0.717, 1.165) is 6.42 Å². The van der Waals surface area contributed by atoms with Crippen LogP contribution >= 0.6 is 12.4 Å². The summed E-state index contributed by atoms with van der Waals surface area (Å²) in [4.78, 5) is 0.0729. The summed E-state index contributed by atoms with van der Waals surface area (Å²) in [5, 5.41) is 0. The number of hydrogen-bond acceptors (Lipinski definition) is 5. The van der Waals surface area contributed by atoms with E-state index < -0.39 is 25.6 Å². The highest BCUT2D eigenvalue weighted by atomic mass is 35.5. The maximum atomic E-state index is 12.6. The predicted molar refractivity (Wildman–Crippen MR) is 109 cm³/mol. The van der Waals surface area contributed by atoms with Gasteiger partial charge in [0.2, 0.25) is 20.0 Å². The molecule has 0 bridgehead atoms. The second-order valence-corrected chi connectivity index (χ2v) is 9.62. The van der Waals surface area contributed by atoms with Crippen LogP contribution in [0.4, 0.5) is 5.69 Å². The van der Waals surface area contributed by atoms with E-state index >= 15 is 0 Å². The summed E-state index contributed by atoms with van der Waals surface area (Å²) in [6.45, 7) is 5.88. The molecule has 0 aromatic heterocycles. The minimum Gasteiger partial charge on any atom is -0.329 e. The Labute approximate surface area is 163 Å². The van der Waals surface area contributed by atoms with E-state index in [1.54, 1.807) is 0 Å². The molecule has 1 rings (SSSR count). The normalized spacial score (nSPS) is 12.5. The number of rotatable bonds is 11. The first-order valence-corrected chi connectivity index (χ1v) is 11.6. The number of halogens is 1. The van der Waals surface area contributed by atoms with Crippen molar-refractivity contribution in [2.75, 3.05) is 17.0 Å². The van der Waals surface area contributed by atoms with Gasteiger partial charge < -0.3 is 5.73 Å². The molecule has 152 valence electrons. The summed E-state index contributed by atoms with van der Waals surface area (Å²) in [5.74, 6) is 0.0388. The van der Waals surface area contributed by atoms with Crippen molar-refractivity contribution in [3.05, 3.63) is 24.3 Å². The first kappa shape index (κ1) is 25.1. The van der Waals surface area contributed by atoms with E-state index in [2.05, 4.69) is 9.44 Å². The number of sulfonamides is 2. The average molecular weight is 428 g/mol. The molecule has 0 fully saturated rings. The van der Waals surface area contributed by atoms with Crippen LogP contribution in [0, 0.1) is 0 Å². The fraction of sp³-hybridized carbons (Fsp3) is 0.625. The Balaban J connectivity index is 0.00000625. The largest absolute Gasteiger partial charge is 0.329 e. The minimum absolute atomic E-state index is 0. The molecule has 10 heteroatoms. The number of benzene rings is 1. The molecule has 7 nitrogen and oxygen atoms in total. The molecule has 1 aromatic carbocycles. The third-order valence-electron chi connectivity index (χ3n) is 4.30. The summed E-state index contributed by atoms with van der Waals surface area (Å²) in [6, 6.07) is 5.65. The molecule has 1 aromatic rings. The standard InChI is InChI=1S/C16H29N3O4S2.ClH/c1-4-7-12-24(20,21)18-14-8-10-15(11-9-14)25(22,23)19-16(5-2,6-3)13-17;/h8-11,18-19H,4-7,12-13,17H2,1-3H3;1H. The van der Waals surface area contributed by atoms with Gasteiger partial charge in [0.1, 0.15) is 0 Å². The first-order valence-electron chi connectivity index (χ1n) is 8.48. The zero-order valence-corrected chi connectivity index (χ0v) is 17.9. The Kier molecular flexibility index (Phi) is 10.1. The highest BCUT2D eigenvalue weighted by Crippen LogP contribution is 2.20. The Morgan fingerprint density at radius 1 is 1.00 bits per heavy atom. The summed E-state index contributed by atoms with van der Waals surface area (Å²) < 4.78 is 54.0.